The zero-order valence-corrected chi connectivity index (χ0v) is 27.7. The fourth-order valence-corrected chi connectivity index (χ4v) is 6.54. The van der Waals surface area contributed by atoms with Gasteiger partial charge in [0, 0.05) is 17.0 Å². The first-order valence-corrected chi connectivity index (χ1v) is 17.0. The summed E-state index contributed by atoms with van der Waals surface area (Å²) >= 11 is 1.50. The number of hydrogen-bond acceptors (Lipinski definition) is 6. The maximum absolute atomic E-state index is 14.3. The maximum atomic E-state index is 14.3. The molecule has 0 aliphatic carbocycles. The van der Waals surface area contributed by atoms with Crippen molar-refractivity contribution in [1.82, 2.24) is 10.2 Å². The molecule has 8 nitrogen and oxygen atoms in total. The lowest BCUT2D eigenvalue weighted by molar-refractivity contribution is -0.141. The van der Waals surface area contributed by atoms with E-state index in [0.717, 1.165) is 20.3 Å². The SMILES string of the molecule is CCOc1ccccc1N(CC(=O)N(Cc1cccc(C)c1)C(CC)C(=O)NC(C)(C)C)S(=O)(=O)c1ccc(SC)cc1. The quantitative estimate of drug-likeness (QED) is 0.233. The van der Waals surface area contributed by atoms with Crippen molar-refractivity contribution in [3.05, 3.63) is 83.9 Å². The average Bonchev–Trinajstić information content (AvgIpc) is 2.95. The molecule has 232 valence electrons. The van der Waals surface area contributed by atoms with Crippen LogP contribution >= 0.6 is 11.8 Å². The third-order valence-electron chi connectivity index (χ3n) is 6.68. The molecular formula is C33H43N3O5S2. The second-order valence-electron chi connectivity index (χ2n) is 11.3. The lowest BCUT2D eigenvalue weighted by Gasteiger charge is -2.35. The summed E-state index contributed by atoms with van der Waals surface area (Å²) < 4.78 is 35.3. The van der Waals surface area contributed by atoms with Gasteiger partial charge in [0.2, 0.25) is 11.8 Å². The van der Waals surface area contributed by atoms with Gasteiger partial charge in [-0.25, -0.2) is 8.42 Å². The Hall–Kier alpha value is -3.50. The number of nitrogens with zero attached hydrogens (tertiary/aromatic N) is 2. The Balaban J connectivity index is 2.13. The number of carbonyl (C=O) groups excluding carboxylic acids is 2. The molecule has 0 spiro atoms. The van der Waals surface area contributed by atoms with Crippen LogP contribution in [0.4, 0.5) is 5.69 Å². The first-order valence-electron chi connectivity index (χ1n) is 14.4. The fourth-order valence-electron chi connectivity index (χ4n) is 4.71. The molecule has 0 radical (unpaired) electrons. The van der Waals surface area contributed by atoms with Crippen LogP contribution in [0.25, 0.3) is 0 Å². The largest absolute Gasteiger partial charge is 0.492 e. The number of sulfonamides is 1. The third kappa shape index (κ3) is 9.00. The number of aryl methyl sites for hydroxylation is 1. The van der Waals surface area contributed by atoms with Crippen LogP contribution in [0, 0.1) is 6.92 Å². The summed E-state index contributed by atoms with van der Waals surface area (Å²) in [5.74, 6) is -0.467. The molecule has 2 amide bonds. The van der Waals surface area contributed by atoms with Crippen molar-refractivity contribution in [3.63, 3.8) is 0 Å². The highest BCUT2D eigenvalue weighted by Gasteiger charge is 2.35. The van der Waals surface area contributed by atoms with E-state index in [2.05, 4.69) is 5.32 Å². The zero-order chi connectivity index (χ0) is 31.8. The topological polar surface area (TPSA) is 96.0 Å². The van der Waals surface area contributed by atoms with Crippen molar-refractivity contribution < 1.29 is 22.7 Å². The van der Waals surface area contributed by atoms with Gasteiger partial charge in [-0.3, -0.25) is 13.9 Å². The van der Waals surface area contributed by atoms with Crippen molar-refractivity contribution in [2.45, 2.75) is 75.9 Å². The van der Waals surface area contributed by atoms with Gasteiger partial charge in [-0.1, -0.05) is 48.9 Å². The lowest BCUT2D eigenvalue weighted by Crippen LogP contribution is -2.55. The molecule has 3 rings (SSSR count). The molecule has 0 saturated carbocycles. The summed E-state index contributed by atoms with van der Waals surface area (Å²) in [5.41, 5.74) is 1.58. The normalized spacial score (nSPS) is 12.3. The van der Waals surface area contributed by atoms with E-state index in [-0.39, 0.29) is 23.0 Å². The van der Waals surface area contributed by atoms with Crippen molar-refractivity contribution >= 4 is 39.3 Å². The molecule has 0 bridgehead atoms. The maximum Gasteiger partial charge on any atom is 0.264 e. The Kier molecular flexibility index (Phi) is 11.7. The molecule has 43 heavy (non-hydrogen) atoms. The predicted octanol–water partition coefficient (Wildman–Crippen LogP) is 6.03. The molecule has 0 fully saturated rings. The van der Waals surface area contributed by atoms with Crippen LogP contribution in [0.15, 0.2) is 82.6 Å². The molecule has 0 heterocycles. The summed E-state index contributed by atoms with van der Waals surface area (Å²) in [6.45, 7) is 11.2. The van der Waals surface area contributed by atoms with Gasteiger partial charge in [0.05, 0.1) is 17.2 Å². The fraction of sp³-hybridized carbons (Fsp3) is 0.394. The van der Waals surface area contributed by atoms with Crippen LogP contribution in [0.3, 0.4) is 0 Å². The number of ether oxygens (including phenoxy) is 1. The van der Waals surface area contributed by atoms with E-state index in [1.165, 1.54) is 28.8 Å². The summed E-state index contributed by atoms with van der Waals surface area (Å²) in [6.07, 6.45) is 2.26. The minimum Gasteiger partial charge on any atom is -0.492 e. The molecule has 0 aliphatic rings. The molecule has 3 aromatic rings. The van der Waals surface area contributed by atoms with Crippen molar-refractivity contribution in [1.29, 1.82) is 0 Å². The third-order valence-corrected chi connectivity index (χ3v) is 9.20. The van der Waals surface area contributed by atoms with Crippen LogP contribution < -0.4 is 14.4 Å². The van der Waals surface area contributed by atoms with Crippen molar-refractivity contribution in [3.8, 4) is 5.75 Å². The molecular weight excluding hydrogens is 583 g/mol. The number of anilines is 1. The highest BCUT2D eigenvalue weighted by atomic mass is 32.2. The van der Waals surface area contributed by atoms with Gasteiger partial charge in [0.25, 0.3) is 10.0 Å². The smallest absolute Gasteiger partial charge is 0.264 e. The van der Waals surface area contributed by atoms with Gasteiger partial charge in [-0.15, -0.1) is 11.8 Å². The predicted molar refractivity (Wildman–Crippen MR) is 174 cm³/mol. The molecule has 1 N–H and O–H groups in total. The summed E-state index contributed by atoms with van der Waals surface area (Å²) in [5, 5.41) is 2.99. The lowest BCUT2D eigenvalue weighted by atomic mass is 10.0. The summed E-state index contributed by atoms with van der Waals surface area (Å²) in [6, 6.07) is 20.2. The summed E-state index contributed by atoms with van der Waals surface area (Å²) in [7, 11) is -4.21. The van der Waals surface area contributed by atoms with Crippen LogP contribution in [0.2, 0.25) is 0 Å². The second-order valence-corrected chi connectivity index (χ2v) is 14.0. The van der Waals surface area contributed by atoms with E-state index in [0.29, 0.717) is 18.8 Å². The van der Waals surface area contributed by atoms with Gasteiger partial charge in [0.15, 0.2) is 0 Å². The molecule has 3 aromatic carbocycles. The number of carbonyl (C=O) groups is 2. The minimum absolute atomic E-state index is 0.0483. The minimum atomic E-state index is -4.21. The van der Waals surface area contributed by atoms with Crippen LogP contribution in [0.5, 0.6) is 5.75 Å². The Morgan fingerprint density at radius 1 is 0.977 bits per heavy atom. The number of amides is 2. The van der Waals surface area contributed by atoms with E-state index < -0.39 is 34.1 Å². The van der Waals surface area contributed by atoms with Gasteiger partial charge in [-0.2, -0.15) is 0 Å². The standard InChI is InChI=1S/C33H43N3O5S2/c1-8-28(32(38)34-33(4,5)6)35(22-25-14-12-13-24(3)21-25)31(37)23-36(29-15-10-11-16-30(29)41-9-2)43(39,40)27-19-17-26(42-7)18-20-27/h10-21,28H,8-9,22-23H2,1-7H3,(H,34,38). The van der Waals surface area contributed by atoms with Crippen molar-refractivity contribution in [2.75, 3.05) is 23.7 Å². The molecule has 0 aromatic heterocycles. The average molecular weight is 626 g/mol. The zero-order valence-electron chi connectivity index (χ0n) is 26.1. The number of nitrogens with one attached hydrogen (secondary N) is 1. The van der Waals surface area contributed by atoms with Crippen LogP contribution in [-0.2, 0) is 26.2 Å². The van der Waals surface area contributed by atoms with Gasteiger partial charge in [0.1, 0.15) is 18.3 Å². The number of hydrogen-bond donors (Lipinski definition) is 1. The van der Waals surface area contributed by atoms with E-state index in [9.17, 15) is 18.0 Å². The van der Waals surface area contributed by atoms with Gasteiger partial charge >= 0.3 is 0 Å². The van der Waals surface area contributed by atoms with E-state index in [1.807, 2.05) is 72.1 Å². The second kappa shape index (κ2) is 14.8. The first-order chi connectivity index (χ1) is 20.3. The molecule has 1 atom stereocenters. The summed E-state index contributed by atoms with van der Waals surface area (Å²) in [4.78, 5) is 30.3. The number of benzene rings is 3. The monoisotopic (exact) mass is 625 g/mol. The van der Waals surface area contributed by atoms with E-state index in [1.54, 1.807) is 36.4 Å². The highest BCUT2D eigenvalue weighted by Crippen LogP contribution is 2.33. The number of rotatable bonds is 13. The Bertz CT molecular complexity index is 1500. The Labute approximate surface area is 260 Å². The van der Waals surface area contributed by atoms with Gasteiger partial charge < -0.3 is 15.0 Å². The van der Waals surface area contributed by atoms with Crippen LogP contribution in [0.1, 0.15) is 52.2 Å². The van der Waals surface area contributed by atoms with Gasteiger partial charge in [-0.05, 0) is 89.3 Å². The molecule has 1 unspecified atom stereocenters. The molecule has 10 heteroatoms. The Morgan fingerprint density at radius 3 is 2.23 bits per heavy atom. The van der Waals surface area contributed by atoms with Crippen LogP contribution in [-0.4, -0.2) is 56.1 Å². The van der Waals surface area contributed by atoms with Crippen molar-refractivity contribution in [2.24, 2.45) is 0 Å². The van der Waals surface area contributed by atoms with E-state index in [4.69, 9.17) is 4.74 Å². The number of thioether (sulfide) groups is 1. The molecule has 0 aliphatic heterocycles. The highest BCUT2D eigenvalue weighted by molar-refractivity contribution is 7.98. The molecule has 0 saturated heterocycles. The number of para-hydroxylation sites is 2. The van der Waals surface area contributed by atoms with E-state index >= 15 is 0 Å². The Morgan fingerprint density at radius 2 is 1.65 bits per heavy atom. The first kappa shape index (κ1) is 34.0.